The van der Waals surface area contributed by atoms with Crippen LogP contribution in [0.2, 0.25) is 5.02 Å². The van der Waals surface area contributed by atoms with Gasteiger partial charge < -0.3 is 14.4 Å². The van der Waals surface area contributed by atoms with E-state index in [9.17, 15) is 4.79 Å². The smallest absolute Gasteiger partial charge is 0.410 e. The Balaban J connectivity index is 1.54. The molecule has 2 aromatic rings. The van der Waals surface area contributed by atoms with Crippen molar-refractivity contribution in [1.82, 2.24) is 4.90 Å². The van der Waals surface area contributed by atoms with E-state index in [0.717, 1.165) is 16.9 Å². The van der Waals surface area contributed by atoms with Gasteiger partial charge in [-0.3, -0.25) is 0 Å². The van der Waals surface area contributed by atoms with Gasteiger partial charge in [-0.05, 0) is 42.3 Å². The van der Waals surface area contributed by atoms with Crippen LogP contribution in [0.3, 0.4) is 0 Å². The Hall–Kier alpha value is -2.20. The van der Waals surface area contributed by atoms with Crippen molar-refractivity contribution >= 4 is 17.7 Å². The highest BCUT2D eigenvalue weighted by molar-refractivity contribution is 6.30. The highest BCUT2D eigenvalue weighted by Crippen LogP contribution is 2.19. The first kappa shape index (κ1) is 15.7. The maximum absolute atomic E-state index is 11.6. The average Bonchev–Trinajstić information content (AvgIpc) is 2.86. The van der Waals surface area contributed by atoms with Crippen molar-refractivity contribution in [1.29, 1.82) is 0 Å². The molecule has 3 rings (SSSR count). The molecular weight excluding hydrogens is 314 g/mol. The number of hydrogen-bond acceptors (Lipinski definition) is 3. The van der Waals surface area contributed by atoms with Gasteiger partial charge in [-0.1, -0.05) is 35.9 Å². The molecule has 23 heavy (non-hydrogen) atoms. The number of carbonyl (C=O) groups excluding carboxylic acids is 1. The molecule has 0 radical (unpaired) electrons. The molecule has 0 aliphatic carbocycles. The van der Waals surface area contributed by atoms with E-state index in [2.05, 4.69) is 0 Å². The summed E-state index contributed by atoms with van der Waals surface area (Å²) in [6.07, 6.45) is -0.287. The number of rotatable bonds is 5. The topological polar surface area (TPSA) is 38.8 Å². The fraction of sp³-hybridized carbons (Fsp3) is 0.278. The van der Waals surface area contributed by atoms with Gasteiger partial charge in [0.1, 0.15) is 18.5 Å². The zero-order valence-electron chi connectivity index (χ0n) is 12.9. The van der Waals surface area contributed by atoms with Gasteiger partial charge in [-0.15, -0.1) is 0 Å². The Morgan fingerprint density at radius 2 is 1.78 bits per heavy atom. The van der Waals surface area contributed by atoms with Crippen molar-refractivity contribution in [3.05, 3.63) is 64.7 Å². The molecule has 0 aromatic heterocycles. The first-order valence-corrected chi connectivity index (χ1v) is 7.90. The maximum atomic E-state index is 11.6. The Morgan fingerprint density at radius 1 is 1.13 bits per heavy atom. The van der Waals surface area contributed by atoms with Crippen LogP contribution in [0.1, 0.15) is 18.1 Å². The largest absolute Gasteiger partial charge is 0.489 e. The summed E-state index contributed by atoms with van der Waals surface area (Å²) in [7, 11) is 0. The third kappa shape index (κ3) is 4.17. The highest BCUT2D eigenvalue weighted by atomic mass is 35.5. The van der Waals surface area contributed by atoms with E-state index in [1.165, 1.54) is 0 Å². The highest BCUT2D eigenvalue weighted by Gasteiger charge is 2.27. The normalized spacial score (nSPS) is 17.2. The Bertz CT molecular complexity index is 670. The fourth-order valence-electron chi connectivity index (χ4n) is 2.46. The van der Waals surface area contributed by atoms with E-state index < -0.39 is 0 Å². The van der Waals surface area contributed by atoms with E-state index in [-0.39, 0.29) is 12.2 Å². The fourth-order valence-corrected chi connectivity index (χ4v) is 2.58. The van der Waals surface area contributed by atoms with Gasteiger partial charge in [0, 0.05) is 11.6 Å². The number of carbonyl (C=O) groups is 1. The lowest BCUT2D eigenvalue weighted by Crippen LogP contribution is -2.24. The summed E-state index contributed by atoms with van der Waals surface area (Å²) >= 11 is 5.86. The zero-order chi connectivity index (χ0) is 16.2. The predicted molar refractivity (Wildman–Crippen MR) is 88.6 cm³/mol. The van der Waals surface area contributed by atoms with Crippen LogP contribution in [0, 0.1) is 0 Å². The van der Waals surface area contributed by atoms with E-state index in [1.54, 1.807) is 4.90 Å². The van der Waals surface area contributed by atoms with Gasteiger partial charge in [0.2, 0.25) is 0 Å². The van der Waals surface area contributed by atoms with Crippen LogP contribution >= 0.6 is 11.6 Å². The van der Waals surface area contributed by atoms with Gasteiger partial charge in [0.05, 0.1) is 6.54 Å². The van der Waals surface area contributed by atoms with E-state index in [4.69, 9.17) is 21.1 Å². The Labute approximate surface area is 140 Å². The van der Waals surface area contributed by atoms with Crippen LogP contribution < -0.4 is 4.74 Å². The van der Waals surface area contributed by atoms with Gasteiger partial charge in [0.15, 0.2) is 0 Å². The molecule has 0 N–H and O–H groups in total. The second-order valence-corrected chi connectivity index (χ2v) is 6.07. The lowest BCUT2D eigenvalue weighted by Gasteiger charge is -2.13. The van der Waals surface area contributed by atoms with Crippen molar-refractivity contribution in [2.75, 3.05) is 6.54 Å². The number of benzene rings is 2. The molecule has 0 bridgehead atoms. The molecule has 120 valence electrons. The summed E-state index contributed by atoms with van der Waals surface area (Å²) in [6, 6.07) is 15.3. The molecule has 1 saturated heterocycles. The lowest BCUT2D eigenvalue weighted by molar-refractivity contribution is 0.137. The number of amides is 1. The minimum absolute atomic E-state index is 0.0375. The quantitative estimate of drug-likeness (QED) is 0.821. The van der Waals surface area contributed by atoms with Crippen LogP contribution in [-0.4, -0.2) is 23.6 Å². The minimum atomic E-state index is -0.249. The van der Waals surface area contributed by atoms with Crippen molar-refractivity contribution in [3.8, 4) is 5.75 Å². The molecule has 0 saturated carbocycles. The molecule has 1 aliphatic rings. The zero-order valence-corrected chi connectivity index (χ0v) is 13.6. The standard InChI is InChI=1S/C18H18ClNO3/c1-13-10-20(18(21)23-13)11-14-4-8-17(9-5-14)22-12-15-2-6-16(19)7-3-15/h2-9,13H,10-12H2,1H3. The lowest BCUT2D eigenvalue weighted by atomic mass is 10.2. The molecule has 1 aliphatic heterocycles. The van der Waals surface area contributed by atoms with Crippen LogP contribution in [-0.2, 0) is 17.9 Å². The molecule has 1 fully saturated rings. The van der Waals surface area contributed by atoms with E-state index in [1.807, 2.05) is 55.5 Å². The van der Waals surface area contributed by atoms with Crippen molar-refractivity contribution in [3.63, 3.8) is 0 Å². The molecular formula is C18H18ClNO3. The summed E-state index contributed by atoms with van der Waals surface area (Å²) in [5, 5.41) is 0.716. The summed E-state index contributed by atoms with van der Waals surface area (Å²) in [5.74, 6) is 0.793. The van der Waals surface area contributed by atoms with Gasteiger partial charge in [-0.25, -0.2) is 4.79 Å². The number of ether oxygens (including phenoxy) is 2. The van der Waals surface area contributed by atoms with Gasteiger partial charge in [-0.2, -0.15) is 0 Å². The second-order valence-electron chi connectivity index (χ2n) is 5.63. The number of cyclic esters (lactones) is 1. The molecule has 1 heterocycles. The van der Waals surface area contributed by atoms with E-state index >= 15 is 0 Å². The predicted octanol–water partition coefficient (Wildman–Crippen LogP) is 4.26. The average molecular weight is 332 g/mol. The summed E-state index contributed by atoms with van der Waals surface area (Å²) in [4.78, 5) is 13.3. The SMILES string of the molecule is CC1CN(Cc2ccc(OCc3ccc(Cl)cc3)cc2)C(=O)O1. The summed E-state index contributed by atoms with van der Waals surface area (Å²) < 4.78 is 10.9. The van der Waals surface area contributed by atoms with E-state index in [0.29, 0.717) is 24.7 Å². The second kappa shape index (κ2) is 6.92. The van der Waals surface area contributed by atoms with Crippen molar-refractivity contribution in [2.24, 2.45) is 0 Å². The molecule has 1 unspecified atom stereocenters. The summed E-state index contributed by atoms with van der Waals surface area (Å²) in [5.41, 5.74) is 2.11. The van der Waals surface area contributed by atoms with Crippen molar-refractivity contribution < 1.29 is 14.3 Å². The monoisotopic (exact) mass is 331 g/mol. The number of nitrogens with zero attached hydrogens (tertiary/aromatic N) is 1. The van der Waals surface area contributed by atoms with Crippen molar-refractivity contribution in [2.45, 2.75) is 26.2 Å². The minimum Gasteiger partial charge on any atom is -0.489 e. The summed E-state index contributed by atoms with van der Waals surface area (Å²) in [6.45, 7) is 3.58. The van der Waals surface area contributed by atoms with Gasteiger partial charge in [0.25, 0.3) is 0 Å². The Kier molecular flexibility index (Phi) is 4.72. The third-order valence-electron chi connectivity index (χ3n) is 3.65. The molecule has 1 atom stereocenters. The molecule has 5 heteroatoms. The molecule has 1 amide bonds. The first-order chi connectivity index (χ1) is 11.1. The van der Waals surface area contributed by atoms with Crippen LogP contribution in [0.4, 0.5) is 4.79 Å². The third-order valence-corrected chi connectivity index (χ3v) is 3.91. The number of halogens is 1. The van der Waals surface area contributed by atoms with Crippen LogP contribution in [0.25, 0.3) is 0 Å². The molecule has 0 spiro atoms. The van der Waals surface area contributed by atoms with Crippen LogP contribution in [0.5, 0.6) is 5.75 Å². The van der Waals surface area contributed by atoms with Gasteiger partial charge >= 0.3 is 6.09 Å². The first-order valence-electron chi connectivity index (χ1n) is 7.52. The maximum Gasteiger partial charge on any atom is 0.410 e. The molecule has 2 aromatic carbocycles. The van der Waals surface area contributed by atoms with Crippen LogP contribution in [0.15, 0.2) is 48.5 Å². The molecule has 4 nitrogen and oxygen atoms in total. The number of hydrogen-bond donors (Lipinski definition) is 0. The Morgan fingerprint density at radius 3 is 2.39 bits per heavy atom.